The van der Waals surface area contributed by atoms with Gasteiger partial charge >= 0.3 is 11.9 Å². The summed E-state index contributed by atoms with van der Waals surface area (Å²) in [5.74, 6) is -3.53. The van der Waals surface area contributed by atoms with E-state index >= 15 is 0 Å². The van der Waals surface area contributed by atoms with Crippen LogP contribution in [-0.2, 0) is 9.47 Å². The number of esters is 2. The summed E-state index contributed by atoms with van der Waals surface area (Å²) in [5.41, 5.74) is -1.52. The molecule has 7 heteroatoms. The molecular formula is C11H12O7. The summed E-state index contributed by atoms with van der Waals surface area (Å²) < 4.78 is 13.9. The fraction of sp³-hybridized carbons (Fsp3) is 0.364. The van der Waals surface area contributed by atoms with E-state index in [9.17, 15) is 19.5 Å². The van der Waals surface area contributed by atoms with E-state index in [1.54, 1.807) is 13.8 Å². The average Bonchev–Trinajstić information content (AvgIpc) is 2.33. The van der Waals surface area contributed by atoms with Crippen LogP contribution in [0.3, 0.4) is 0 Å². The number of ether oxygens (including phenoxy) is 2. The summed E-state index contributed by atoms with van der Waals surface area (Å²) >= 11 is 0. The molecule has 1 heterocycles. The van der Waals surface area contributed by atoms with Gasteiger partial charge in [-0.05, 0) is 13.8 Å². The monoisotopic (exact) mass is 256 g/mol. The third-order valence-electron chi connectivity index (χ3n) is 1.93. The van der Waals surface area contributed by atoms with Crippen molar-refractivity contribution in [3.05, 3.63) is 27.8 Å². The summed E-state index contributed by atoms with van der Waals surface area (Å²) in [6.45, 7) is 3.24. The number of rotatable bonds is 4. The van der Waals surface area contributed by atoms with Crippen LogP contribution >= 0.6 is 0 Å². The van der Waals surface area contributed by atoms with Crippen LogP contribution in [0.4, 0.5) is 0 Å². The van der Waals surface area contributed by atoms with E-state index in [1.807, 2.05) is 0 Å². The first kappa shape index (κ1) is 13.8. The van der Waals surface area contributed by atoms with Gasteiger partial charge < -0.3 is 19.0 Å². The third kappa shape index (κ3) is 2.68. The third-order valence-corrected chi connectivity index (χ3v) is 1.93. The largest absolute Gasteiger partial charge is 0.501 e. The van der Waals surface area contributed by atoms with E-state index in [0.717, 1.165) is 6.26 Å². The number of hydrogen-bond acceptors (Lipinski definition) is 7. The first-order chi connectivity index (χ1) is 8.52. The predicted molar refractivity (Wildman–Crippen MR) is 58.6 cm³/mol. The molecule has 0 aromatic carbocycles. The van der Waals surface area contributed by atoms with Gasteiger partial charge in [-0.1, -0.05) is 0 Å². The second-order valence-electron chi connectivity index (χ2n) is 3.10. The van der Waals surface area contributed by atoms with Crippen LogP contribution in [-0.4, -0.2) is 30.3 Å². The Bertz CT molecular complexity index is 515. The fourth-order valence-corrected chi connectivity index (χ4v) is 1.15. The Balaban J connectivity index is 3.17. The summed E-state index contributed by atoms with van der Waals surface area (Å²) in [5, 5.41) is 9.48. The fourth-order valence-electron chi connectivity index (χ4n) is 1.15. The minimum Gasteiger partial charge on any atom is -0.501 e. The van der Waals surface area contributed by atoms with Crippen LogP contribution in [0, 0.1) is 0 Å². The zero-order valence-corrected chi connectivity index (χ0v) is 9.89. The smallest absolute Gasteiger partial charge is 0.378 e. The first-order valence-electron chi connectivity index (χ1n) is 5.21. The van der Waals surface area contributed by atoms with Gasteiger partial charge in [0.15, 0.2) is 0 Å². The topological polar surface area (TPSA) is 103 Å². The van der Waals surface area contributed by atoms with Crippen LogP contribution in [0.2, 0.25) is 0 Å². The Morgan fingerprint density at radius 2 is 1.78 bits per heavy atom. The van der Waals surface area contributed by atoms with E-state index in [2.05, 4.69) is 9.47 Å². The van der Waals surface area contributed by atoms with Crippen molar-refractivity contribution in [3.8, 4) is 5.75 Å². The van der Waals surface area contributed by atoms with Crippen molar-refractivity contribution in [2.24, 2.45) is 0 Å². The second kappa shape index (κ2) is 5.85. The van der Waals surface area contributed by atoms with Crippen molar-refractivity contribution in [1.29, 1.82) is 0 Å². The van der Waals surface area contributed by atoms with Crippen LogP contribution in [0.25, 0.3) is 0 Å². The van der Waals surface area contributed by atoms with Gasteiger partial charge in [-0.15, -0.1) is 0 Å². The Kier molecular flexibility index (Phi) is 4.47. The van der Waals surface area contributed by atoms with Gasteiger partial charge in [0.25, 0.3) is 5.76 Å². The molecule has 0 radical (unpaired) electrons. The van der Waals surface area contributed by atoms with E-state index in [0.29, 0.717) is 0 Å². The molecule has 0 unspecified atom stereocenters. The van der Waals surface area contributed by atoms with Crippen molar-refractivity contribution in [2.45, 2.75) is 13.8 Å². The summed E-state index contributed by atoms with van der Waals surface area (Å²) in [6.07, 6.45) is 0.756. The van der Waals surface area contributed by atoms with Gasteiger partial charge in [-0.2, -0.15) is 0 Å². The molecule has 0 atom stereocenters. The van der Waals surface area contributed by atoms with Crippen LogP contribution < -0.4 is 5.43 Å². The molecule has 98 valence electrons. The molecule has 18 heavy (non-hydrogen) atoms. The highest BCUT2D eigenvalue weighted by Gasteiger charge is 2.23. The van der Waals surface area contributed by atoms with Gasteiger partial charge in [0.05, 0.1) is 13.2 Å². The highest BCUT2D eigenvalue weighted by Crippen LogP contribution is 2.14. The van der Waals surface area contributed by atoms with Gasteiger partial charge in [-0.3, -0.25) is 4.79 Å². The standard InChI is InChI=1S/C11H12O7/c1-3-16-10(14)6-5-18-9(8(13)7(6)12)11(15)17-4-2/h5,13H,3-4H2,1-2H3. The SMILES string of the molecule is CCOC(=O)c1occ(C(=O)OCC)c(=O)c1O. The molecule has 0 aliphatic heterocycles. The minimum absolute atomic E-state index is 0.0572. The highest BCUT2D eigenvalue weighted by molar-refractivity contribution is 5.92. The lowest BCUT2D eigenvalue weighted by Gasteiger charge is -2.04. The lowest BCUT2D eigenvalue weighted by atomic mass is 10.2. The molecule has 1 rings (SSSR count). The number of carbonyl (C=O) groups is 2. The van der Waals surface area contributed by atoms with Crippen molar-refractivity contribution in [2.75, 3.05) is 13.2 Å². The van der Waals surface area contributed by atoms with Gasteiger partial charge in [-0.25, -0.2) is 9.59 Å². The van der Waals surface area contributed by atoms with Crippen molar-refractivity contribution in [3.63, 3.8) is 0 Å². The summed E-state index contributed by atoms with van der Waals surface area (Å²) in [7, 11) is 0. The second-order valence-corrected chi connectivity index (χ2v) is 3.10. The van der Waals surface area contributed by atoms with E-state index in [1.165, 1.54) is 0 Å². The van der Waals surface area contributed by atoms with E-state index < -0.39 is 34.4 Å². The molecule has 0 bridgehead atoms. The number of aromatic hydroxyl groups is 1. The summed E-state index contributed by atoms with van der Waals surface area (Å²) in [4.78, 5) is 34.2. The molecule has 0 aliphatic carbocycles. The summed E-state index contributed by atoms with van der Waals surface area (Å²) in [6, 6.07) is 0. The molecule has 7 nitrogen and oxygen atoms in total. The molecule has 0 aliphatic rings. The van der Waals surface area contributed by atoms with Crippen molar-refractivity contribution in [1.82, 2.24) is 0 Å². The van der Waals surface area contributed by atoms with Crippen molar-refractivity contribution >= 4 is 11.9 Å². The lowest BCUT2D eigenvalue weighted by Crippen LogP contribution is -2.19. The maximum Gasteiger partial charge on any atom is 0.378 e. The molecule has 1 aromatic heterocycles. The average molecular weight is 256 g/mol. The Labute approximate surface area is 102 Å². The maximum absolute atomic E-state index is 11.6. The Hall–Kier alpha value is -2.31. The van der Waals surface area contributed by atoms with Crippen LogP contribution in [0.1, 0.15) is 34.8 Å². The molecule has 0 spiro atoms. The zero-order valence-electron chi connectivity index (χ0n) is 9.89. The molecule has 1 N–H and O–H groups in total. The molecule has 0 amide bonds. The van der Waals surface area contributed by atoms with Crippen LogP contribution in [0.5, 0.6) is 5.75 Å². The molecular weight excluding hydrogens is 244 g/mol. The van der Waals surface area contributed by atoms with Crippen LogP contribution in [0.15, 0.2) is 15.5 Å². The normalized spacial score (nSPS) is 9.89. The maximum atomic E-state index is 11.6. The minimum atomic E-state index is -1.04. The van der Waals surface area contributed by atoms with E-state index in [4.69, 9.17) is 4.42 Å². The quantitative estimate of drug-likeness (QED) is 0.790. The van der Waals surface area contributed by atoms with Gasteiger partial charge in [0, 0.05) is 0 Å². The van der Waals surface area contributed by atoms with Crippen molar-refractivity contribution < 1.29 is 28.6 Å². The molecule has 0 saturated heterocycles. The molecule has 0 fully saturated rings. The first-order valence-corrected chi connectivity index (χ1v) is 5.21. The van der Waals surface area contributed by atoms with E-state index in [-0.39, 0.29) is 13.2 Å². The highest BCUT2D eigenvalue weighted by atomic mass is 16.5. The predicted octanol–water partition coefficient (Wildman–Crippen LogP) is 0.699. The number of carbonyl (C=O) groups excluding carboxylic acids is 2. The Morgan fingerprint density at radius 3 is 2.33 bits per heavy atom. The lowest BCUT2D eigenvalue weighted by molar-refractivity contribution is 0.0467. The number of hydrogen-bond donors (Lipinski definition) is 1. The van der Waals surface area contributed by atoms with Gasteiger partial charge in [0.1, 0.15) is 11.8 Å². The molecule has 0 saturated carbocycles. The molecule has 1 aromatic rings. The zero-order chi connectivity index (χ0) is 13.7. The van der Waals surface area contributed by atoms with Gasteiger partial charge in [0.2, 0.25) is 11.2 Å². The Morgan fingerprint density at radius 1 is 1.22 bits per heavy atom.